The maximum absolute atomic E-state index is 6.18. The van der Waals surface area contributed by atoms with Crippen LogP contribution in [-0.2, 0) is 6.54 Å². The monoisotopic (exact) mass is 300 g/mol. The van der Waals surface area contributed by atoms with Crippen LogP contribution in [0.15, 0.2) is 42.5 Å². The number of hydrogen-bond donors (Lipinski definition) is 1. The van der Waals surface area contributed by atoms with E-state index in [0.29, 0.717) is 0 Å². The van der Waals surface area contributed by atoms with Gasteiger partial charge in [-0.3, -0.25) is 0 Å². The number of benzene rings is 2. The Morgan fingerprint density at radius 1 is 1.10 bits per heavy atom. The van der Waals surface area contributed by atoms with Gasteiger partial charge in [0.1, 0.15) is 0 Å². The largest absolute Gasteiger partial charge is 0.381 e. The van der Waals surface area contributed by atoms with E-state index in [2.05, 4.69) is 46.6 Å². The van der Waals surface area contributed by atoms with E-state index in [4.69, 9.17) is 11.6 Å². The van der Waals surface area contributed by atoms with E-state index in [1.165, 1.54) is 37.2 Å². The molecule has 2 nitrogen and oxygen atoms in total. The summed E-state index contributed by atoms with van der Waals surface area (Å²) in [5.74, 6) is 0. The summed E-state index contributed by atoms with van der Waals surface area (Å²) in [5, 5.41) is 4.29. The number of halogens is 1. The first-order valence-electron chi connectivity index (χ1n) is 7.57. The Kier molecular flexibility index (Phi) is 4.35. The Hall–Kier alpha value is -1.67. The van der Waals surface area contributed by atoms with Crippen LogP contribution in [0.1, 0.15) is 24.0 Å². The minimum atomic E-state index is 0.813. The highest BCUT2D eigenvalue weighted by Gasteiger charge is 2.14. The van der Waals surface area contributed by atoms with Gasteiger partial charge >= 0.3 is 0 Å². The van der Waals surface area contributed by atoms with Crippen molar-refractivity contribution in [3.8, 4) is 0 Å². The fourth-order valence-electron chi connectivity index (χ4n) is 2.83. The smallest absolute Gasteiger partial charge is 0.0455 e. The van der Waals surface area contributed by atoms with Crippen LogP contribution in [0, 0.1) is 6.92 Å². The number of nitrogens with one attached hydrogen (secondary N) is 1. The van der Waals surface area contributed by atoms with Crippen LogP contribution in [0.25, 0.3) is 0 Å². The zero-order valence-electron chi connectivity index (χ0n) is 12.4. The Bertz CT molecular complexity index is 618. The minimum Gasteiger partial charge on any atom is -0.381 e. The van der Waals surface area contributed by atoms with Crippen molar-refractivity contribution in [1.29, 1.82) is 0 Å². The summed E-state index contributed by atoms with van der Waals surface area (Å²) in [4.78, 5) is 2.49. The molecular formula is C18H21ClN2. The molecule has 2 aromatic rings. The first kappa shape index (κ1) is 14.3. The number of aryl methyl sites for hydroxylation is 1. The van der Waals surface area contributed by atoms with Crippen LogP contribution >= 0.6 is 11.6 Å². The summed E-state index contributed by atoms with van der Waals surface area (Å²) in [6.45, 7) is 5.20. The normalized spacial score (nSPS) is 14.5. The standard InChI is InChI=1S/C18H21ClN2/c1-14-8-9-16(12-17(14)19)20-13-15-6-2-3-7-18(15)21-10-4-5-11-21/h2-3,6-9,12,20H,4-5,10-11,13H2,1H3. The minimum absolute atomic E-state index is 0.813. The lowest BCUT2D eigenvalue weighted by atomic mass is 10.1. The molecule has 0 unspecified atom stereocenters. The van der Waals surface area contributed by atoms with Crippen LogP contribution in [0.5, 0.6) is 0 Å². The molecule has 0 saturated carbocycles. The van der Waals surface area contributed by atoms with Crippen LogP contribution in [0.4, 0.5) is 11.4 Å². The van der Waals surface area contributed by atoms with Gasteiger partial charge in [0.15, 0.2) is 0 Å². The predicted octanol–water partition coefficient (Wildman–Crippen LogP) is 4.86. The average molecular weight is 301 g/mol. The van der Waals surface area contributed by atoms with Crippen LogP contribution in [0.2, 0.25) is 5.02 Å². The second-order valence-electron chi connectivity index (χ2n) is 5.64. The Balaban J connectivity index is 1.74. The quantitative estimate of drug-likeness (QED) is 0.867. The zero-order valence-corrected chi connectivity index (χ0v) is 13.2. The van der Waals surface area contributed by atoms with E-state index in [9.17, 15) is 0 Å². The van der Waals surface area contributed by atoms with Crippen molar-refractivity contribution < 1.29 is 0 Å². The van der Waals surface area contributed by atoms with Crippen molar-refractivity contribution in [3.63, 3.8) is 0 Å². The summed E-state index contributed by atoms with van der Waals surface area (Å²) in [7, 11) is 0. The van der Waals surface area contributed by atoms with Gasteiger partial charge in [-0.1, -0.05) is 35.9 Å². The first-order chi connectivity index (χ1) is 10.2. The lowest BCUT2D eigenvalue weighted by Gasteiger charge is -2.21. The second kappa shape index (κ2) is 6.40. The maximum Gasteiger partial charge on any atom is 0.0455 e. The van der Waals surface area contributed by atoms with E-state index in [1.807, 2.05) is 13.0 Å². The SMILES string of the molecule is Cc1ccc(NCc2ccccc2N2CCCC2)cc1Cl. The molecule has 1 aliphatic heterocycles. The molecule has 1 aliphatic rings. The molecule has 21 heavy (non-hydrogen) atoms. The van der Waals surface area contributed by atoms with Gasteiger partial charge in [-0.25, -0.2) is 0 Å². The molecule has 110 valence electrons. The summed E-state index contributed by atoms with van der Waals surface area (Å²) in [6, 6.07) is 14.8. The van der Waals surface area contributed by atoms with E-state index in [0.717, 1.165) is 22.8 Å². The van der Waals surface area contributed by atoms with Gasteiger partial charge in [-0.05, 0) is 49.1 Å². The van der Waals surface area contributed by atoms with Gasteiger partial charge in [0.05, 0.1) is 0 Å². The molecule has 1 N–H and O–H groups in total. The van der Waals surface area contributed by atoms with E-state index < -0.39 is 0 Å². The third-order valence-electron chi connectivity index (χ3n) is 4.09. The Labute approximate surface area is 131 Å². The van der Waals surface area contributed by atoms with Crippen molar-refractivity contribution in [1.82, 2.24) is 0 Å². The molecule has 1 heterocycles. The highest BCUT2D eigenvalue weighted by Crippen LogP contribution is 2.26. The van der Waals surface area contributed by atoms with Crippen molar-refractivity contribution in [2.45, 2.75) is 26.3 Å². The van der Waals surface area contributed by atoms with Crippen molar-refractivity contribution in [3.05, 3.63) is 58.6 Å². The number of nitrogens with zero attached hydrogens (tertiary/aromatic N) is 1. The molecular weight excluding hydrogens is 280 g/mol. The number of para-hydroxylation sites is 1. The average Bonchev–Trinajstić information content (AvgIpc) is 3.03. The van der Waals surface area contributed by atoms with Gasteiger partial charge in [0, 0.05) is 36.0 Å². The molecule has 1 fully saturated rings. The van der Waals surface area contributed by atoms with Gasteiger partial charge in [-0.2, -0.15) is 0 Å². The highest BCUT2D eigenvalue weighted by atomic mass is 35.5. The van der Waals surface area contributed by atoms with Crippen molar-refractivity contribution >= 4 is 23.0 Å². The molecule has 0 amide bonds. The van der Waals surface area contributed by atoms with Crippen LogP contribution < -0.4 is 10.2 Å². The van der Waals surface area contributed by atoms with Crippen LogP contribution in [0.3, 0.4) is 0 Å². The van der Waals surface area contributed by atoms with E-state index in [1.54, 1.807) is 0 Å². The van der Waals surface area contributed by atoms with Gasteiger partial charge in [0.25, 0.3) is 0 Å². The van der Waals surface area contributed by atoms with Gasteiger partial charge in [-0.15, -0.1) is 0 Å². The topological polar surface area (TPSA) is 15.3 Å². The fraction of sp³-hybridized carbons (Fsp3) is 0.333. The third-order valence-corrected chi connectivity index (χ3v) is 4.50. The number of anilines is 2. The van der Waals surface area contributed by atoms with Gasteiger partial charge < -0.3 is 10.2 Å². The summed E-state index contributed by atoms with van der Waals surface area (Å²) in [5.41, 5.74) is 4.89. The summed E-state index contributed by atoms with van der Waals surface area (Å²) in [6.07, 6.45) is 2.60. The highest BCUT2D eigenvalue weighted by molar-refractivity contribution is 6.31. The Morgan fingerprint density at radius 2 is 1.86 bits per heavy atom. The van der Waals surface area contributed by atoms with Crippen LogP contribution in [-0.4, -0.2) is 13.1 Å². The molecule has 0 bridgehead atoms. The lowest BCUT2D eigenvalue weighted by molar-refractivity contribution is 0.949. The fourth-order valence-corrected chi connectivity index (χ4v) is 3.01. The van der Waals surface area contributed by atoms with Crippen molar-refractivity contribution in [2.75, 3.05) is 23.3 Å². The lowest BCUT2D eigenvalue weighted by Crippen LogP contribution is -2.19. The molecule has 3 heteroatoms. The summed E-state index contributed by atoms with van der Waals surface area (Å²) >= 11 is 6.18. The molecule has 0 atom stereocenters. The zero-order chi connectivity index (χ0) is 14.7. The van der Waals surface area contributed by atoms with E-state index in [-0.39, 0.29) is 0 Å². The van der Waals surface area contributed by atoms with E-state index >= 15 is 0 Å². The Morgan fingerprint density at radius 3 is 2.62 bits per heavy atom. The van der Waals surface area contributed by atoms with Gasteiger partial charge in [0.2, 0.25) is 0 Å². The predicted molar refractivity (Wildman–Crippen MR) is 91.4 cm³/mol. The maximum atomic E-state index is 6.18. The molecule has 0 aromatic heterocycles. The number of hydrogen-bond acceptors (Lipinski definition) is 2. The number of rotatable bonds is 4. The molecule has 0 aliphatic carbocycles. The molecule has 0 radical (unpaired) electrons. The summed E-state index contributed by atoms with van der Waals surface area (Å²) < 4.78 is 0. The molecule has 3 rings (SSSR count). The third kappa shape index (κ3) is 3.33. The molecule has 0 spiro atoms. The molecule has 1 saturated heterocycles. The second-order valence-corrected chi connectivity index (χ2v) is 6.05. The first-order valence-corrected chi connectivity index (χ1v) is 7.95. The molecule has 2 aromatic carbocycles. The van der Waals surface area contributed by atoms with Crippen molar-refractivity contribution in [2.24, 2.45) is 0 Å².